The number of carbonyl (C=O) groups excluding carboxylic acids is 2. The number of halogens is 1. The number of amides is 1. The number of benzene rings is 1. The van der Waals surface area contributed by atoms with Crippen molar-refractivity contribution in [3.05, 3.63) is 53.3 Å². The highest BCUT2D eigenvalue weighted by molar-refractivity contribution is 5.92. The predicted octanol–water partition coefficient (Wildman–Crippen LogP) is 1.99. The topological polar surface area (TPSA) is 85.2 Å². The number of aromatic nitrogens is 2. The molecule has 2 heterocycles. The van der Waals surface area contributed by atoms with Crippen LogP contribution in [0.4, 0.5) is 0 Å². The summed E-state index contributed by atoms with van der Waals surface area (Å²) in [7, 11) is 1.36. The van der Waals surface area contributed by atoms with Crippen LogP contribution in [0.15, 0.2) is 36.5 Å². The van der Waals surface area contributed by atoms with Crippen LogP contribution in [0.5, 0.6) is 0 Å². The Balaban J connectivity index is 0.00000261. The Kier molecular flexibility index (Phi) is 7.82. The second kappa shape index (κ2) is 10.1. The molecule has 8 heteroatoms. The van der Waals surface area contributed by atoms with Gasteiger partial charge in [0.25, 0.3) is 5.91 Å². The molecular weight excluding hydrogens is 368 g/mol. The first-order valence-corrected chi connectivity index (χ1v) is 8.88. The molecule has 3 rings (SSSR count). The second-order valence-corrected chi connectivity index (χ2v) is 6.38. The summed E-state index contributed by atoms with van der Waals surface area (Å²) in [4.78, 5) is 23.8. The molecule has 1 unspecified atom stereocenters. The molecule has 2 N–H and O–H groups in total. The lowest BCUT2D eigenvalue weighted by molar-refractivity contribution is 0.0600. The van der Waals surface area contributed by atoms with E-state index in [9.17, 15) is 9.59 Å². The molecule has 0 spiro atoms. The monoisotopic (exact) mass is 392 g/mol. The highest BCUT2D eigenvalue weighted by atomic mass is 35.5. The average Bonchev–Trinajstić information content (AvgIpc) is 3.18. The Hall–Kier alpha value is -2.38. The summed E-state index contributed by atoms with van der Waals surface area (Å²) < 4.78 is 6.60. The molecule has 1 amide bonds. The van der Waals surface area contributed by atoms with Gasteiger partial charge < -0.3 is 15.4 Å². The summed E-state index contributed by atoms with van der Waals surface area (Å²) in [5.41, 5.74) is 1.90. The van der Waals surface area contributed by atoms with Crippen LogP contribution in [0.25, 0.3) is 0 Å². The van der Waals surface area contributed by atoms with Crippen molar-refractivity contribution in [1.29, 1.82) is 0 Å². The van der Waals surface area contributed by atoms with Crippen LogP contribution >= 0.6 is 12.4 Å². The summed E-state index contributed by atoms with van der Waals surface area (Å²) in [6.45, 7) is 2.41. The quantitative estimate of drug-likeness (QED) is 0.734. The van der Waals surface area contributed by atoms with E-state index < -0.39 is 0 Å². The number of methoxy groups -OCH3 is 1. The van der Waals surface area contributed by atoms with E-state index in [1.807, 2.05) is 23.0 Å². The number of ether oxygens (including phenoxy) is 1. The molecule has 1 aliphatic heterocycles. The molecule has 1 aromatic heterocycles. The van der Waals surface area contributed by atoms with E-state index in [0.717, 1.165) is 31.5 Å². The first-order valence-electron chi connectivity index (χ1n) is 8.88. The van der Waals surface area contributed by atoms with Crippen molar-refractivity contribution in [2.75, 3.05) is 26.7 Å². The van der Waals surface area contributed by atoms with E-state index in [1.165, 1.54) is 7.11 Å². The smallest absolute Gasteiger partial charge is 0.337 e. The molecule has 27 heavy (non-hydrogen) atoms. The summed E-state index contributed by atoms with van der Waals surface area (Å²) in [5, 5.41) is 10.6. The summed E-state index contributed by atoms with van der Waals surface area (Å²) >= 11 is 0. The van der Waals surface area contributed by atoms with Gasteiger partial charge in [0.05, 0.1) is 18.7 Å². The average molecular weight is 393 g/mol. The van der Waals surface area contributed by atoms with Gasteiger partial charge in [0.2, 0.25) is 0 Å². The minimum atomic E-state index is -0.362. The van der Waals surface area contributed by atoms with Gasteiger partial charge in [0, 0.05) is 19.3 Å². The highest BCUT2D eigenvalue weighted by Gasteiger charge is 2.17. The molecule has 0 bridgehead atoms. The van der Waals surface area contributed by atoms with Gasteiger partial charge in [0.1, 0.15) is 5.69 Å². The molecule has 0 aliphatic carbocycles. The third-order valence-corrected chi connectivity index (χ3v) is 4.53. The van der Waals surface area contributed by atoms with Crippen LogP contribution in [-0.2, 0) is 11.2 Å². The Labute approximate surface area is 164 Å². The fourth-order valence-corrected chi connectivity index (χ4v) is 3.10. The van der Waals surface area contributed by atoms with Crippen LogP contribution < -0.4 is 10.6 Å². The predicted molar refractivity (Wildman–Crippen MR) is 104 cm³/mol. The molecule has 1 saturated heterocycles. The van der Waals surface area contributed by atoms with E-state index in [4.69, 9.17) is 4.74 Å². The Morgan fingerprint density at radius 1 is 1.37 bits per heavy atom. The first kappa shape index (κ1) is 20.9. The van der Waals surface area contributed by atoms with E-state index >= 15 is 0 Å². The van der Waals surface area contributed by atoms with Gasteiger partial charge in [0.15, 0.2) is 0 Å². The molecule has 2 aromatic rings. The molecule has 1 aromatic carbocycles. The lowest BCUT2D eigenvalue weighted by atomic mass is 10.1. The second-order valence-electron chi connectivity index (χ2n) is 6.38. The number of esters is 1. The molecule has 0 radical (unpaired) electrons. The fraction of sp³-hybridized carbons (Fsp3) is 0.421. The maximum absolute atomic E-state index is 12.3. The minimum absolute atomic E-state index is 0. The van der Waals surface area contributed by atoms with Gasteiger partial charge in [-0.2, -0.15) is 5.10 Å². The van der Waals surface area contributed by atoms with Crippen LogP contribution in [-0.4, -0.2) is 48.4 Å². The van der Waals surface area contributed by atoms with Crippen LogP contribution in [0.3, 0.4) is 0 Å². The Morgan fingerprint density at radius 3 is 2.96 bits per heavy atom. The third kappa shape index (κ3) is 5.55. The van der Waals surface area contributed by atoms with Crippen molar-refractivity contribution in [2.45, 2.75) is 25.3 Å². The van der Waals surface area contributed by atoms with Crippen molar-refractivity contribution in [3.8, 4) is 0 Å². The number of nitrogens with zero attached hydrogens (tertiary/aromatic N) is 2. The zero-order valence-electron chi connectivity index (χ0n) is 15.3. The van der Waals surface area contributed by atoms with Gasteiger partial charge in [-0.1, -0.05) is 12.1 Å². The first-order chi connectivity index (χ1) is 12.7. The Bertz CT molecular complexity index is 772. The third-order valence-electron chi connectivity index (χ3n) is 4.53. The molecule has 0 saturated carbocycles. The van der Waals surface area contributed by atoms with Crippen molar-refractivity contribution in [2.24, 2.45) is 0 Å². The normalized spacial score (nSPS) is 16.3. The molecule has 146 valence electrons. The molecule has 1 fully saturated rings. The lowest BCUT2D eigenvalue weighted by Gasteiger charge is -2.22. The standard InChI is InChI=1S/C19H24N4O3.ClH/c1-26-19(25)15-5-2-4-14(12-15)7-10-21-18(24)17-8-11-23(22-17)16-6-3-9-20-13-16;/h2,4-5,8,11-12,16,20H,3,6-7,9-10,13H2,1H3,(H,21,24);1H. The zero-order chi connectivity index (χ0) is 18.4. The number of hydrogen-bond donors (Lipinski definition) is 2. The van der Waals surface area contributed by atoms with Gasteiger partial charge in [-0.25, -0.2) is 4.79 Å². The van der Waals surface area contributed by atoms with Crippen LogP contribution in [0, 0.1) is 0 Å². The minimum Gasteiger partial charge on any atom is -0.465 e. The largest absolute Gasteiger partial charge is 0.465 e. The summed E-state index contributed by atoms with van der Waals surface area (Å²) in [6.07, 6.45) is 4.69. The highest BCUT2D eigenvalue weighted by Crippen LogP contribution is 2.15. The van der Waals surface area contributed by atoms with Crippen LogP contribution in [0.2, 0.25) is 0 Å². The maximum atomic E-state index is 12.3. The summed E-state index contributed by atoms with van der Waals surface area (Å²) in [5.74, 6) is -0.546. The van der Waals surface area contributed by atoms with Gasteiger partial charge in [-0.15, -0.1) is 12.4 Å². The molecule has 1 aliphatic rings. The fourth-order valence-electron chi connectivity index (χ4n) is 3.10. The van der Waals surface area contributed by atoms with E-state index in [2.05, 4.69) is 15.7 Å². The van der Waals surface area contributed by atoms with E-state index in [-0.39, 0.29) is 24.3 Å². The van der Waals surface area contributed by atoms with Crippen LogP contribution in [0.1, 0.15) is 45.3 Å². The van der Waals surface area contributed by atoms with Crippen molar-refractivity contribution >= 4 is 24.3 Å². The summed E-state index contributed by atoms with van der Waals surface area (Å²) in [6, 6.07) is 9.28. The molecular formula is C19H25ClN4O3. The van der Waals surface area contributed by atoms with Crippen molar-refractivity contribution < 1.29 is 14.3 Å². The number of hydrogen-bond acceptors (Lipinski definition) is 5. The Morgan fingerprint density at radius 2 is 2.22 bits per heavy atom. The maximum Gasteiger partial charge on any atom is 0.337 e. The van der Waals surface area contributed by atoms with E-state index in [0.29, 0.717) is 30.3 Å². The number of nitrogens with one attached hydrogen (secondary N) is 2. The number of rotatable bonds is 6. The lowest BCUT2D eigenvalue weighted by Crippen LogP contribution is -2.32. The van der Waals surface area contributed by atoms with Gasteiger partial charge in [-0.3, -0.25) is 9.48 Å². The zero-order valence-corrected chi connectivity index (χ0v) is 16.1. The van der Waals surface area contributed by atoms with E-state index in [1.54, 1.807) is 18.2 Å². The van der Waals surface area contributed by atoms with Gasteiger partial charge >= 0.3 is 5.97 Å². The van der Waals surface area contributed by atoms with Crippen molar-refractivity contribution in [1.82, 2.24) is 20.4 Å². The SMILES string of the molecule is COC(=O)c1cccc(CCNC(=O)c2ccn(C3CCCNC3)n2)c1.Cl. The number of piperidine rings is 1. The molecule has 7 nitrogen and oxygen atoms in total. The number of carbonyl (C=O) groups is 2. The van der Waals surface area contributed by atoms with Crippen molar-refractivity contribution in [3.63, 3.8) is 0 Å². The molecule has 1 atom stereocenters. The van der Waals surface area contributed by atoms with Gasteiger partial charge in [-0.05, 0) is 49.6 Å².